The van der Waals surface area contributed by atoms with Crippen LogP contribution in [0.1, 0.15) is 37.7 Å². The number of hydrogen-bond acceptors (Lipinski definition) is 4. The van der Waals surface area contributed by atoms with Crippen molar-refractivity contribution in [3.05, 3.63) is 35.4 Å². The lowest BCUT2D eigenvalue weighted by molar-refractivity contribution is -0.116. The lowest BCUT2D eigenvalue weighted by atomic mass is 9.97. The van der Waals surface area contributed by atoms with E-state index in [9.17, 15) is 4.79 Å². The van der Waals surface area contributed by atoms with E-state index >= 15 is 0 Å². The number of carbonyl (C=O) groups is 1. The Morgan fingerprint density at radius 1 is 1.12 bits per heavy atom. The maximum atomic E-state index is 12.0. The summed E-state index contributed by atoms with van der Waals surface area (Å²) in [5.41, 5.74) is 2.26. The van der Waals surface area contributed by atoms with E-state index < -0.39 is 0 Å². The van der Waals surface area contributed by atoms with Gasteiger partial charge in [-0.3, -0.25) is 4.79 Å². The molecule has 0 atom stereocenters. The highest BCUT2D eigenvalue weighted by atomic mass is 16.5. The predicted molar refractivity (Wildman–Crippen MR) is 99.3 cm³/mol. The van der Waals surface area contributed by atoms with Crippen molar-refractivity contribution in [3.8, 4) is 17.2 Å². The van der Waals surface area contributed by atoms with Gasteiger partial charge in [-0.05, 0) is 55.9 Å². The summed E-state index contributed by atoms with van der Waals surface area (Å²) in [7, 11) is 4.69. The van der Waals surface area contributed by atoms with Crippen LogP contribution in [0.2, 0.25) is 0 Å². The Labute approximate surface area is 149 Å². The summed E-state index contributed by atoms with van der Waals surface area (Å²) in [5.74, 6) is 1.55. The molecule has 5 heteroatoms. The number of benzene rings is 1. The smallest absolute Gasteiger partial charge is 0.244 e. The number of methoxy groups -OCH3 is 3. The lowest BCUT2D eigenvalue weighted by Gasteiger charge is -2.13. The van der Waals surface area contributed by atoms with Gasteiger partial charge in [0.05, 0.1) is 21.3 Å². The van der Waals surface area contributed by atoms with Gasteiger partial charge in [-0.25, -0.2) is 0 Å². The molecule has 1 amide bonds. The van der Waals surface area contributed by atoms with Gasteiger partial charge in [-0.1, -0.05) is 11.6 Å². The molecular formula is C20H27NO4. The van der Waals surface area contributed by atoms with Crippen LogP contribution in [0.15, 0.2) is 29.9 Å². The number of rotatable bonds is 8. The van der Waals surface area contributed by atoms with Crippen LogP contribution in [-0.2, 0) is 4.79 Å². The fourth-order valence-corrected chi connectivity index (χ4v) is 2.91. The third kappa shape index (κ3) is 5.55. The summed E-state index contributed by atoms with van der Waals surface area (Å²) in [6.45, 7) is 0.671. The summed E-state index contributed by atoms with van der Waals surface area (Å²) in [4.78, 5) is 12.0. The minimum Gasteiger partial charge on any atom is -0.493 e. The SMILES string of the molecule is COc1cc(C=CC(=O)NCCC2=CCCCC2)cc(OC)c1OC. The first-order chi connectivity index (χ1) is 12.2. The third-order valence-electron chi connectivity index (χ3n) is 4.24. The standard InChI is InChI=1S/C20H27NO4/c1-23-17-13-16(14-18(24-2)20(17)25-3)9-10-19(22)21-12-11-15-7-5-4-6-8-15/h7,9-10,13-14H,4-6,8,11-12H2,1-3H3,(H,21,22). The lowest BCUT2D eigenvalue weighted by Crippen LogP contribution is -2.22. The first kappa shape index (κ1) is 18.9. The minimum absolute atomic E-state index is 0.106. The van der Waals surface area contributed by atoms with Crippen LogP contribution in [0.5, 0.6) is 17.2 Å². The normalized spacial score (nSPS) is 14.1. The van der Waals surface area contributed by atoms with Gasteiger partial charge >= 0.3 is 0 Å². The molecule has 0 aromatic heterocycles. The summed E-state index contributed by atoms with van der Waals surface area (Å²) < 4.78 is 15.9. The zero-order valence-electron chi connectivity index (χ0n) is 15.3. The molecule has 1 aliphatic rings. The van der Waals surface area contributed by atoms with Crippen LogP contribution in [0, 0.1) is 0 Å². The van der Waals surface area contributed by atoms with E-state index in [1.807, 2.05) is 0 Å². The maximum Gasteiger partial charge on any atom is 0.244 e. The predicted octanol–water partition coefficient (Wildman–Crippen LogP) is 3.73. The van der Waals surface area contributed by atoms with Gasteiger partial charge in [-0.2, -0.15) is 0 Å². The monoisotopic (exact) mass is 345 g/mol. The molecule has 25 heavy (non-hydrogen) atoms. The fourth-order valence-electron chi connectivity index (χ4n) is 2.91. The first-order valence-electron chi connectivity index (χ1n) is 8.61. The van der Waals surface area contributed by atoms with Crippen molar-refractivity contribution < 1.29 is 19.0 Å². The number of nitrogens with one attached hydrogen (secondary N) is 1. The second kappa shape index (κ2) is 9.77. The van der Waals surface area contributed by atoms with Crippen molar-refractivity contribution in [1.82, 2.24) is 5.32 Å². The largest absolute Gasteiger partial charge is 0.493 e. The van der Waals surface area contributed by atoms with E-state index in [1.165, 1.54) is 30.9 Å². The van der Waals surface area contributed by atoms with Gasteiger partial charge in [-0.15, -0.1) is 0 Å². The fraction of sp³-hybridized carbons (Fsp3) is 0.450. The molecule has 1 aliphatic carbocycles. The second-order valence-corrected chi connectivity index (χ2v) is 5.94. The van der Waals surface area contributed by atoms with Crippen molar-refractivity contribution in [2.24, 2.45) is 0 Å². The molecule has 0 radical (unpaired) electrons. The van der Waals surface area contributed by atoms with Crippen LogP contribution < -0.4 is 19.5 Å². The van der Waals surface area contributed by atoms with Crippen LogP contribution in [-0.4, -0.2) is 33.8 Å². The Balaban J connectivity index is 1.93. The molecule has 0 fully saturated rings. The average Bonchev–Trinajstić information content (AvgIpc) is 2.66. The van der Waals surface area contributed by atoms with E-state index in [2.05, 4.69) is 11.4 Å². The topological polar surface area (TPSA) is 56.8 Å². The molecule has 0 spiro atoms. The number of amides is 1. The van der Waals surface area contributed by atoms with Gasteiger partial charge < -0.3 is 19.5 Å². The van der Waals surface area contributed by atoms with Gasteiger partial charge in [0.1, 0.15) is 0 Å². The van der Waals surface area contributed by atoms with Crippen LogP contribution >= 0.6 is 0 Å². The molecule has 1 N–H and O–H groups in total. The van der Waals surface area contributed by atoms with Crippen molar-refractivity contribution in [1.29, 1.82) is 0 Å². The van der Waals surface area contributed by atoms with Crippen LogP contribution in [0.3, 0.4) is 0 Å². The minimum atomic E-state index is -0.106. The molecule has 1 aromatic rings. The van der Waals surface area contributed by atoms with E-state index in [1.54, 1.807) is 39.5 Å². The van der Waals surface area contributed by atoms with Crippen LogP contribution in [0.4, 0.5) is 0 Å². The summed E-state index contributed by atoms with van der Waals surface area (Å²) in [6.07, 6.45) is 11.4. The molecule has 1 aromatic carbocycles. The Morgan fingerprint density at radius 2 is 1.84 bits per heavy atom. The number of hydrogen-bond donors (Lipinski definition) is 1. The van der Waals surface area contributed by atoms with Gasteiger partial charge in [0.25, 0.3) is 0 Å². The highest BCUT2D eigenvalue weighted by Gasteiger charge is 2.12. The summed E-state index contributed by atoms with van der Waals surface area (Å²) in [5, 5.41) is 2.93. The van der Waals surface area contributed by atoms with Crippen LogP contribution in [0.25, 0.3) is 6.08 Å². The van der Waals surface area contributed by atoms with E-state index in [0.29, 0.717) is 23.8 Å². The number of ether oxygens (including phenoxy) is 3. The molecule has 0 aliphatic heterocycles. The van der Waals surface area contributed by atoms with E-state index in [4.69, 9.17) is 14.2 Å². The van der Waals surface area contributed by atoms with Crippen molar-refractivity contribution in [2.75, 3.05) is 27.9 Å². The average molecular weight is 345 g/mol. The van der Waals surface area contributed by atoms with Crippen molar-refractivity contribution in [3.63, 3.8) is 0 Å². The molecule has 0 saturated heterocycles. The molecule has 2 rings (SSSR count). The Bertz CT molecular complexity index is 624. The molecular weight excluding hydrogens is 318 g/mol. The molecule has 0 saturated carbocycles. The zero-order valence-corrected chi connectivity index (χ0v) is 15.3. The zero-order chi connectivity index (χ0) is 18.1. The molecule has 0 bridgehead atoms. The Hall–Kier alpha value is -2.43. The Morgan fingerprint density at radius 3 is 2.40 bits per heavy atom. The molecule has 0 heterocycles. The number of allylic oxidation sites excluding steroid dienone is 1. The summed E-state index contributed by atoms with van der Waals surface area (Å²) in [6, 6.07) is 3.61. The van der Waals surface area contributed by atoms with E-state index in [-0.39, 0.29) is 5.91 Å². The Kier molecular flexibility index (Phi) is 7.38. The molecule has 0 unspecified atom stereocenters. The third-order valence-corrected chi connectivity index (χ3v) is 4.24. The number of carbonyl (C=O) groups excluding carboxylic acids is 1. The molecule has 136 valence electrons. The first-order valence-corrected chi connectivity index (χ1v) is 8.61. The quantitative estimate of drug-likeness (QED) is 0.576. The summed E-state index contributed by atoms with van der Waals surface area (Å²) >= 11 is 0. The van der Waals surface area contributed by atoms with Gasteiger partial charge in [0.15, 0.2) is 11.5 Å². The second-order valence-electron chi connectivity index (χ2n) is 5.94. The van der Waals surface area contributed by atoms with Crippen molar-refractivity contribution in [2.45, 2.75) is 32.1 Å². The molecule has 5 nitrogen and oxygen atoms in total. The maximum absolute atomic E-state index is 12.0. The van der Waals surface area contributed by atoms with Crippen molar-refractivity contribution >= 4 is 12.0 Å². The highest BCUT2D eigenvalue weighted by molar-refractivity contribution is 5.91. The van der Waals surface area contributed by atoms with Gasteiger partial charge in [0, 0.05) is 12.6 Å². The highest BCUT2D eigenvalue weighted by Crippen LogP contribution is 2.38. The van der Waals surface area contributed by atoms with Gasteiger partial charge in [0.2, 0.25) is 11.7 Å². The van der Waals surface area contributed by atoms with E-state index in [0.717, 1.165) is 18.4 Å².